The van der Waals surface area contributed by atoms with Crippen LogP contribution in [0.25, 0.3) is 11.1 Å². The second-order valence-electron chi connectivity index (χ2n) is 7.63. The summed E-state index contributed by atoms with van der Waals surface area (Å²) in [4.78, 5) is 2.30. The summed E-state index contributed by atoms with van der Waals surface area (Å²) in [5, 5.41) is 10.4. The maximum Gasteiger partial charge on any atom is 0.161 e. The second-order valence-corrected chi connectivity index (χ2v) is 7.63. The molecule has 2 aliphatic heterocycles. The van der Waals surface area contributed by atoms with Gasteiger partial charge in [-0.3, -0.25) is 0 Å². The van der Waals surface area contributed by atoms with E-state index in [-0.39, 0.29) is 6.29 Å². The van der Waals surface area contributed by atoms with Gasteiger partial charge in [0.25, 0.3) is 0 Å². The molecule has 0 bridgehead atoms. The quantitative estimate of drug-likeness (QED) is 0.796. The van der Waals surface area contributed by atoms with Gasteiger partial charge in [-0.15, -0.1) is 0 Å². The van der Waals surface area contributed by atoms with Crippen molar-refractivity contribution in [3.05, 3.63) is 54.6 Å². The van der Waals surface area contributed by atoms with Crippen molar-refractivity contribution in [2.24, 2.45) is 5.92 Å². The van der Waals surface area contributed by atoms with E-state index in [1.165, 1.54) is 5.56 Å². The normalized spacial score (nSPS) is 22.2. The van der Waals surface area contributed by atoms with Crippen molar-refractivity contribution in [1.82, 2.24) is 4.90 Å². The van der Waals surface area contributed by atoms with Gasteiger partial charge >= 0.3 is 0 Å². The number of hydrogen-bond donors (Lipinski definition) is 1. The Hall–Kier alpha value is -1.92. The van der Waals surface area contributed by atoms with Crippen molar-refractivity contribution in [3.63, 3.8) is 0 Å². The lowest BCUT2D eigenvalue weighted by Gasteiger charge is -2.35. The van der Waals surface area contributed by atoms with Crippen molar-refractivity contribution in [2.45, 2.75) is 25.2 Å². The number of aliphatic hydroxyl groups is 1. The van der Waals surface area contributed by atoms with Gasteiger partial charge in [-0.1, -0.05) is 42.5 Å². The van der Waals surface area contributed by atoms with E-state index in [1.807, 2.05) is 42.5 Å². The average Bonchev–Trinajstić information content (AvgIpc) is 3.29. The first-order valence-corrected chi connectivity index (χ1v) is 10.2. The lowest BCUT2D eigenvalue weighted by Crippen LogP contribution is -2.44. The van der Waals surface area contributed by atoms with E-state index in [9.17, 15) is 5.11 Å². The van der Waals surface area contributed by atoms with Crippen LogP contribution < -0.4 is 4.74 Å². The summed E-state index contributed by atoms with van der Waals surface area (Å²) in [6.07, 6.45) is 1.65. The van der Waals surface area contributed by atoms with Gasteiger partial charge in [0.2, 0.25) is 0 Å². The predicted molar refractivity (Wildman–Crippen MR) is 108 cm³/mol. The molecule has 28 heavy (non-hydrogen) atoms. The molecule has 150 valence electrons. The number of nitrogens with zero attached hydrogens (tertiary/aromatic N) is 1. The van der Waals surface area contributed by atoms with E-state index in [0.29, 0.717) is 32.3 Å². The van der Waals surface area contributed by atoms with E-state index < -0.39 is 6.10 Å². The van der Waals surface area contributed by atoms with Gasteiger partial charge in [0.1, 0.15) is 18.5 Å². The summed E-state index contributed by atoms with van der Waals surface area (Å²) < 4.78 is 17.1. The molecule has 1 N–H and O–H groups in total. The Morgan fingerprint density at radius 2 is 1.71 bits per heavy atom. The molecule has 0 aromatic heterocycles. The summed E-state index contributed by atoms with van der Waals surface area (Å²) in [6, 6.07) is 18.3. The first-order valence-electron chi connectivity index (χ1n) is 10.2. The minimum atomic E-state index is -0.516. The van der Waals surface area contributed by atoms with Gasteiger partial charge in [-0.2, -0.15) is 0 Å². The summed E-state index contributed by atoms with van der Waals surface area (Å²) in [7, 11) is 0. The standard InChI is InChI=1S/C23H29NO4/c25-21(16-24-12-4-7-20(15-24)23-26-13-14-27-23)17-28-22-10-8-19(9-11-22)18-5-2-1-3-6-18/h1-3,5-6,8-11,20-21,23,25H,4,7,12-17H2. The van der Waals surface area contributed by atoms with Crippen LogP contribution in [-0.4, -0.2) is 61.9 Å². The molecular formula is C23H29NO4. The third-order valence-corrected chi connectivity index (χ3v) is 5.45. The topological polar surface area (TPSA) is 51.2 Å². The molecule has 2 atom stereocenters. The van der Waals surface area contributed by atoms with E-state index in [2.05, 4.69) is 17.0 Å². The zero-order valence-electron chi connectivity index (χ0n) is 16.2. The third-order valence-electron chi connectivity index (χ3n) is 5.45. The Bertz CT molecular complexity index is 715. The fraction of sp³-hybridized carbons (Fsp3) is 0.478. The monoisotopic (exact) mass is 383 g/mol. The van der Waals surface area contributed by atoms with Crippen molar-refractivity contribution < 1.29 is 19.3 Å². The lowest BCUT2D eigenvalue weighted by atomic mass is 9.97. The molecular weight excluding hydrogens is 354 g/mol. The van der Waals surface area contributed by atoms with Gasteiger partial charge in [0, 0.05) is 19.0 Å². The first kappa shape index (κ1) is 19.4. The Balaban J connectivity index is 1.23. The molecule has 5 heteroatoms. The van der Waals surface area contributed by atoms with Crippen LogP contribution in [0.1, 0.15) is 12.8 Å². The van der Waals surface area contributed by atoms with E-state index >= 15 is 0 Å². The Morgan fingerprint density at radius 3 is 2.46 bits per heavy atom. The van der Waals surface area contributed by atoms with Crippen LogP contribution in [0.15, 0.2) is 54.6 Å². The fourth-order valence-electron chi connectivity index (χ4n) is 4.05. The molecule has 0 spiro atoms. The highest BCUT2D eigenvalue weighted by atomic mass is 16.7. The lowest BCUT2D eigenvalue weighted by molar-refractivity contribution is -0.103. The molecule has 0 radical (unpaired) electrons. The number of likely N-dealkylation sites (tertiary alicyclic amines) is 1. The minimum absolute atomic E-state index is 0.0701. The smallest absolute Gasteiger partial charge is 0.161 e. The molecule has 2 aliphatic rings. The van der Waals surface area contributed by atoms with E-state index in [4.69, 9.17) is 14.2 Å². The number of aliphatic hydroxyl groups excluding tert-OH is 1. The SMILES string of the molecule is OC(COc1ccc(-c2ccccc2)cc1)CN1CCCC(C2OCCO2)C1. The summed E-state index contributed by atoms with van der Waals surface area (Å²) >= 11 is 0. The predicted octanol–water partition coefficient (Wildman–Crippen LogP) is 3.18. The number of β-amino-alcohol motifs (C(OH)–C–C–N with tert-alkyl or cyclic N) is 1. The highest BCUT2D eigenvalue weighted by Crippen LogP contribution is 2.25. The van der Waals surface area contributed by atoms with Crippen LogP contribution in [0.2, 0.25) is 0 Å². The van der Waals surface area contributed by atoms with Crippen LogP contribution in [0.5, 0.6) is 5.75 Å². The molecule has 2 heterocycles. The molecule has 2 unspecified atom stereocenters. The fourth-order valence-corrected chi connectivity index (χ4v) is 4.05. The Kier molecular flexibility index (Phi) is 6.60. The zero-order chi connectivity index (χ0) is 19.2. The van der Waals surface area contributed by atoms with E-state index in [0.717, 1.165) is 37.2 Å². The number of piperidine rings is 1. The van der Waals surface area contributed by atoms with Crippen LogP contribution in [-0.2, 0) is 9.47 Å². The summed E-state index contributed by atoms with van der Waals surface area (Å²) in [5.74, 6) is 1.18. The van der Waals surface area contributed by atoms with Crippen molar-refractivity contribution in [2.75, 3.05) is 39.5 Å². The van der Waals surface area contributed by atoms with E-state index in [1.54, 1.807) is 0 Å². The third kappa shape index (κ3) is 5.11. The van der Waals surface area contributed by atoms with Gasteiger partial charge in [0.05, 0.1) is 13.2 Å². The second kappa shape index (κ2) is 9.52. The highest BCUT2D eigenvalue weighted by molar-refractivity contribution is 5.63. The maximum atomic E-state index is 10.4. The number of hydrogen-bond acceptors (Lipinski definition) is 5. The van der Waals surface area contributed by atoms with Crippen LogP contribution in [0.3, 0.4) is 0 Å². The number of rotatable bonds is 7. The van der Waals surface area contributed by atoms with Crippen molar-refractivity contribution in [3.8, 4) is 16.9 Å². The van der Waals surface area contributed by atoms with Crippen LogP contribution in [0, 0.1) is 5.92 Å². The molecule has 2 saturated heterocycles. The molecule has 2 fully saturated rings. The Morgan fingerprint density at radius 1 is 1.00 bits per heavy atom. The largest absolute Gasteiger partial charge is 0.491 e. The average molecular weight is 383 g/mol. The summed E-state index contributed by atoms with van der Waals surface area (Å²) in [5.41, 5.74) is 2.34. The van der Waals surface area contributed by atoms with Crippen molar-refractivity contribution >= 4 is 0 Å². The number of benzene rings is 2. The summed E-state index contributed by atoms with van der Waals surface area (Å²) in [6.45, 7) is 4.22. The Labute approximate surface area is 166 Å². The molecule has 5 nitrogen and oxygen atoms in total. The molecule has 2 aromatic rings. The van der Waals surface area contributed by atoms with Crippen molar-refractivity contribution in [1.29, 1.82) is 0 Å². The maximum absolute atomic E-state index is 10.4. The molecule has 2 aromatic carbocycles. The van der Waals surface area contributed by atoms with Crippen LogP contribution >= 0.6 is 0 Å². The molecule has 0 aliphatic carbocycles. The number of ether oxygens (including phenoxy) is 3. The van der Waals surface area contributed by atoms with Gasteiger partial charge in [0.15, 0.2) is 6.29 Å². The van der Waals surface area contributed by atoms with Gasteiger partial charge in [-0.05, 0) is 42.6 Å². The molecule has 0 amide bonds. The van der Waals surface area contributed by atoms with Gasteiger partial charge in [-0.25, -0.2) is 0 Å². The highest BCUT2D eigenvalue weighted by Gasteiger charge is 2.31. The molecule has 0 saturated carbocycles. The molecule has 4 rings (SSSR count). The first-order chi connectivity index (χ1) is 13.8. The minimum Gasteiger partial charge on any atom is -0.491 e. The zero-order valence-corrected chi connectivity index (χ0v) is 16.2. The van der Waals surface area contributed by atoms with Gasteiger partial charge < -0.3 is 24.2 Å². The van der Waals surface area contributed by atoms with Crippen LogP contribution in [0.4, 0.5) is 0 Å².